The van der Waals surface area contributed by atoms with E-state index in [1.165, 1.54) is 172 Å². The Balaban J connectivity index is 0.765. The highest BCUT2D eigenvalue weighted by molar-refractivity contribution is 7.54. The van der Waals surface area contributed by atoms with Crippen molar-refractivity contribution in [2.24, 2.45) is 11.8 Å². The summed E-state index contributed by atoms with van der Waals surface area (Å²) in [6, 6.07) is 16.1. The number of aryl methyl sites for hydroxylation is 2. The van der Waals surface area contributed by atoms with Gasteiger partial charge in [-0.2, -0.15) is 15.0 Å². The number of esters is 1. The van der Waals surface area contributed by atoms with Gasteiger partial charge in [-0.25, -0.2) is 66.5 Å². The van der Waals surface area contributed by atoms with Crippen LogP contribution < -0.4 is 60.6 Å². The largest absolute Gasteiger partial charge is 0.465 e. The summed E-state index contributed by atoms with van der Waals surface area (Å²) < 4.78 is 148. The minimum Gasteiger partial charge on any atom is -0.465 e. The summed E-state index contributed by atoms with van der Waals surface area (Å²) in [4.78, 5) is 179. The molecular formula is C79H108N26O25P4. The predicted molar refractivity (Wildman–Crippen MR) is 483 cm³/mol. The van der Waals surface area contributed by atoms with Gasteiger partial charge in [-0.15, -0.1) is 0 Å². The first kappa shape index (κ1) is 99.4. The van der Waals surface area contributed by atoms with Crippen LogP contribution in [0, 0.1) is 25.7 Å². The molecule has 724 valence electrons. The summed E-state index contributed by atoms with van der Waals surface area (Å²) in [5.74, 6) is -3.80. The molecule has 5 fully saturated rings. The number of fused-ring (bicyclic) bond motifs is 2. The molecule has 12 heterocycles. The highest BCUT2D eigenvalue weighted by Crippen LogP contribution is 2.60. The summed E-state index contributed by atoms with van der Waals surface area (Å²) in [6.45, 7) is 4.76. The van der Waals surface area contributed by atoms with Crippen LogP contribution >= 0.6 is 30.7 Å². The Kier molecular flexibility index (Phi) is 30.6. The molecule has 7 aromatic heterocycles. The number of morpholine rings is 5. The molecule has 9 aromatic rings. The molecule has 0 radical (unpaired) electrons. The predicted octanol–water partition coefficient (Wildman–Crippen LogP) is 2.86. The van der Waals surface area contributed by atoms with Crippen LogP contribution in [0.5, 0.6) is 0 Å². The molecule has 8 N–H and O–H groups in total. The van der Waals surface area contributed by atoms with Gasteiger partial charge < -0.3 is 57.1 Å². The molecule has 3 amide bonds. The Morgan fingerprint density at radius 2 is 0.866 bits per heavy atom. The number of imidazole rings is 2. The zero-order valence-corrected chi connectivity index (χ0v) is 79.6. The van der Waals surface area contributed by atoms with Crippen LogP contribution in [-0.2, 0) is 74.4 Å². The smallest absolute Gasteiger partial charge is 0.351 e. The zero-order chi connectivity index (χ0) is 96.5. The van der Waals surface area contributed by atoms with Crippen LogP contribution in [0.2, 0.25) is 0 Å². The van der Waals surface area contributed by atoms with Crippen molar-refractivity contribution in [3.8, 4) is 0 Å². The Hall–Kier alpha value is -10.5. The number of hydrogen-bond acceptors (Lipinski definition) is 31. The Morgan fingerprint density at radius 3 is 1.29 bits per heavy atom. The molecule has 0 unspecified atom stereocenters. The second-order valence-electron chi connectivity index (χ2n) is 33.7. The Labute approximate surface area is 764 Å². The monoisotopic (exact) mass is 1940 g/mol. The lowest BCUT2D eigenvalue weighted by Gasteiger charge is -2.46. The summed E-state index contributed by atoms with van der Waals surface area (Å²) in [5, 5.41) is 11.1. The third-order valence-electron chi connectivity index (χ3n) is 22.7. The molecule has 0 saturated carbocycles. The molecule has 55 heteroatoms. The highest BCUT2D eigenvalue weighted by atomic mass is 31.2. The van der Waals surface area contributed by atoms with E-state index in [-0.39, 0.29) is 121 Å². The number of benzene rings is 2. The van der Waals surface area contributed by atoms with E-state index in [2.05, 4.69) is 66.1 Å². The topological polar surface area (TPSA) is 575 Å². The maximum absolute atomic E-state index is 16.7. The number of nitrogens with one attached hydrogen (secondary N) is 8. The van der Waals surface area contributed by atoms with Crippen LogP contribution in [0.1, 0.15) is 102 Å². The third-order valence-corrected chi connectivity index (χ3v) is 32.9. The van der Waals surface area contributed by atoms with Crippen molar-refractivity contribution in [1.82, 2.24) is 110 Å². The average Bonchev–Trinajstić information content (AvgIpc) is 1.48. The fourth-order valence-electron chi connectivity index (χ4n) is 15.5. The minimum atomic E-state index is -4.61. The lowest BCUT2D eigenvalue weighted by atomic mass is 10.0. The van der Waals surface area contributed by atoms with E-state index in [0.29, 0.717) is 5.56 Å². The number of hydrogen-bond donors (Lipinski definition) is 8. The van der Waals surface area contributed by atoms with Crippen molar-refractivity contribution >= 4 is 94.4 Å². The number of anilines is 3. The van der Waals surface area contributed by atoms with Gasteiger partial charge in [0.2, 0.25) is 23.7 Å². The second-order valence-corrected chi connectivity index (χ2v) is 44.2. The van der Waals surface area contributed by atoms with Crippen molar-refractivity contribution in [1.29, 1.82) is 0 Å². The first-order valence-electron chi connectivity index (χ1n) is 42.6. The number of carbonyl (C=O) groups excluding carboxylic acids is 4. The van der Waals surface area contributed by atoms with E-state index in [1.54, 1.807) is 76.2 Å². The number of H-pyrrole nitrogens is 4. The number of carbonyl (C=O) groups is 4. The molecule has 0 spiro atoms. The molecule has 5 aliphatic rings. The normalized spacial score (nSPS) is 23.3. The summed E-state index contributed by atoms with van der Waals surface area (Å²) in [5.41, 5.74) is -5.15. The van der Waals surface area contributed by atoms with Gasteiger partial charge in [-0.05, 0) is 100 Å². The Morgan fingerprint density at radius 1 is 0.463 bits per heavy atom. The fourth-order valence-corrected chi connectivity index (χ4v) is 23.5. The van der Waals surface area contributed by atoms with Crippen LogP contribution in [-0.4, -0.2) is 309 Å². The molecule has 5 saturated heterocycles. The average molecular weight is 1950 g/mol. The molecule has 2 aromatic carbocycles. The van der Waals surface area contributed by atoms with Crippen LogP contribution in [0.15, 0.2) is 125 Å². The van der Waals surface area contributed by atoms with Gasteiger partial charge in [-0.1, -0.05) is 64.1 Å². The lowest BCUT2D eigenvalue weighted by Crippen LogP contribution is -2.51. The molecule has 134 heavy (non-hydrogen) atoms. The van der Waals surface area contributed by atoms with Gasteiger partial charge in [-0.3, -0.25) is 105 Å². The zero-order valence-electron chi connectivity index (χ0n) is 76.0. The maximum atomic E-state index is 16.7. The first-order chi connectivity index (χ1) is 63.6. The van der Waals surface area contributed by atoms with Crippen LogP contribution in [0.25, 0.3) is 22.3 Å². The van der Waals surface area contributed by atoms with Crippen molar-refractivity contribution < 1.29 is 84.0 Å². The Bertz CT molecular complexity index is 6530. The van der Waals surface area contributed by atoms with Crippen molar-refractivity contribution in [2.45, 2.75) is 103 Å². The van der Waals surface area contributed by atoms with Gasteiger partial charge in [0.25, 0.3) is 28.1 Å². The van der Waals surface area contributed by atoms with Crippen molar-refractivity contribution in [2.75, 3.05) is 171 Å². The lowest BCUT2D eigenvalue weighted by molar-refractivity contribution is -0.131. The number of rotatable bonds is 33. The second kappa shape index (κ2) is 41.2. The van der Waals surface area contributed by atoms with E-state index in [1.807, 2.05) is 0 Å². The maximum Gasteiger partial charge on any atom is 0.351 e. The number of nitrogens with zero attached hydrogens (tertiary/aromatic N) is 18. The van der Waals surface area contributed by atoms with Gasteiger partial charge in [0.15, 0.2) is 41.0 Å². The van der Waals surface area contributed by atoms with Crippen molar-refractivity contribution in [3.05, 3.63) is 193 Å². The SMILES string of the molecule is COC(=O)c1ccccc1[C@H]1CN([P@@](=O)(OC[C@@H]2CN([P@@](=O)(OC[C@@H]3CN([P@@](=O)(OC[C@@H]4CN([P@@](=O)(OC[C@@H]5CNC[C@H](n6ccc(NC(=O)c7ccccc7)nc6=O)O5)N(C)C)C[C@H](n5cnc6c(=O)[nH]c(NC(=O)C(C)C)nc65)O4)N(C)C)C[C@H](n4cc(C)c(=O)[nH]c4=O)O3)N(C)C)C[C@H](n3cnc4c(=O)[nH]c(NC(=O)C(C)C)nc43)O2)N(C)C)C[C@H](n2cc(C)c(=O)[nH]c2=O)O1. The van der Waals surface area contributed by atoms with Crippen molar-refractivity contribution in [3.63, 3.8) is 0 Å². The van der Waals surface area contributed by atoms with Gasteiger partial charge in [0.05, 0.1) is 108 Å². The standard InChI is InChI=1S/C79H108N26O25P4/c1-45(2)67(106)87-75-85-65-63(72(111)89-75)81-43-104(65)61-37-98(131(117,93(7)8)122-39-50-27-80-28-58(126-50)101-26-25-57(84-77(101)114)83-71(110)49-21-17-16-18-22-49)32-52(128-61)41-124-132(118,94(9)10)97-31-51(127-59(35-97)102-29-47(5)69(108)91-78(102)115)40-123-133(119,95(11)12)99-33-53(129-62(38-99)105-44-82-64-66(105)86-76(90-73(64)112)88-68(107)46(3)4)42-125-134(120,96(13)14)100-34-56(54-23-19-20-24-55(54)74(113)121-15)130-60(36-100)103-30-48(6)70(109)92-79(103)116/h16-26,29-30,43-46,50-53,56,58-62,80H,27-28,31-42H2,1-15H3,(H,91,108,115)(H,92,109,116)(H,83,84,110,114)(H2,85,87,89,106,111)(H2,86,88,90,107,112)/t50-,51-,52-,53-,56+,58+,59+,60+,61+,62+,131-,132-,133-,134-/m0/s1. The van der Waals surface area contributed by atoms with E-state index < -0.39 is 200 Å². The molecule has 0 aliphatic carbocycles. The summed E-state index contributed by atoms with van der Waals surface area (Å²) in [7, 11) is -5.01. The van der Waals surface area contributed by atoms with Crippen LogP contribution in [0.3, 0.4) is 0 Å². The molecule has 0 bridgehead atoms. The van der Waals surface area contributed by atoms with Gasteiger partial charge in [0, 0.05) is 86.4 Å². The van der Waals surface area contributed by atoms with E-state index in [0.717, 1.165) is 9.13 Å². The minimum absolute atomic E-state index is 0.00659. The number of methoxy groups -OCH3 is 1. The number of aromatic nitrogens is 14. The number of aromatic amines is 4. The van der Waals surface area contributed by atoms with E-state index in [9.17, 15) is 52.7 Å². The van der Waals surface area contributed by atoms with E-state index >= 15 is 18.3 Å². The summed E-state index contributed by atoms with van der Waals surface area (Å²) >= 11 is 0. The van der Waals surface area contributed by atoms with Gasteiger partial charge >= 0.3 is 53.7 Å². The first-order valence-corrected chi connectivity index (χ1v) is 48.7. The molecule has 14 rings (SSSR count). The third kappa shape index (κ3) is 21.3. The molecule has 5 aliphatic heterocycles. The number of ether oxygens (including phenoxy) is 6. The van der Waals surface area contributed by atoms with Crippen LogP contribution in [0.4, 0.5) is 17.7 Å². The molecule has 51 nitrogen and oxygen atoms in total. The molecular weight excluding hydrogens is 1840 g/mol. The quantitative estimate of drug-likeness (QED) is 0.0216. The highest BCUT2D eigenvalue weighted by Gasteiger charge is 2.51. The fraction of sp³-hybridized carbons (Fsp3) is 0.519. The van der Waals surface area contributed by atoms with Gasteiger partial charge in [0.1, 0.15) is 18.3 Å². The number of amides is 3. The summed E-state index contributed by atoms with van der Waals surface area (Å²) in [6.07, 6.45) is -5.88. The van der Waals surface area contributed by atoms with E-state index in [4.69, 9.17) is 46.5 Å². The molecule has 14 atom stereocenters.